The Balaban J connectivity index is 2.69. The summed E-state index contributed by atoms with van der Waals surface area (Å²) in [7, 11) is 0. The number of hydrogen-bond donors (Lipinski definition) is 0. The third-order valence-corrected chi connectivity index (χ3v) is 0.860. The Labute approximate surface area is 46.2 Å². The third-order valence-electron chi connectivity index (χ3n) is 0.860. The minimum absolute atomic E-state index is 1.13. The van der Waals surface area contributed by atoms with Crippen LogP contribution in [-0.4, -0.2) is 0 Å². The highest BCUT2D eigenvalue weighted by molar-refractivity contribution is 4.82. The molecule has 0 heterocycles. The van der Waals surface area contributed by atoms with Crippen LogP contribution in [0.4, 0.5) is 0 Å². The molecule has 0 aromatic rings. The normalized spacial score (nSPS) is 10.6. The van der Waals surface area contributed by atoms with Crippen LogP contribution in [0.3, 0.4) is 0 Å². The molecule has 0 nitrogen and oxygen atoms in total. The first-order chi connectivity index (χ1) is 3.41. The van der Waals surface area contributed by atoms with Crippen molar-refractivity contribution < 1.29 is 0 Å². The molecule has 0 saturated heterocycles. The Morgan fingerprint density at radius 2 is 2.29 bits per heavy atom. The van der Waals surface area contributed by atoms with Gasteiger partial charge in [-0.1, -0.05) is 31.9 Å². The predicted octanol–water partition coefficient (Wildman–Crippen LogP) is 2.44. The number of unbranched alkanes of at least 4 members (excludes halogenated alkanes) is 2. The van der Waals surface area contributed by atoms with Crippen molar-refractivity contribution in [3.8, 4) is 0 Å². The smallest absolute Gasteiger partial charge is 0.00958 e. The fourth-order valence-electron chi connectivity index (χ4n) is 0.418. The largest absolute Gasteiger partial charge is 0.0882 e. The van der Waals surface area contributed by atoms with Gasteiger partial charge in [-0.3, -0.25) is 0 Å². The molecule has 7 heavy (non-hydrogen) atoms. The van der Waals surface area contributed by atoms with Crippen molar-refractivity contribution in [2.45, 2.75) is 26.2 Å². The molecule has 0 aromatic carbocycles. The average molecular weight is 96.2 g/mol. The van der Waals surface area contributed by atoms with Crippen LogP contribution < -0.4 is 0 Å². The zero-order valence-corrected chi connectivity index (χ0v) is 4.85. The van der Waals surface area contributed by atoms with Gasteiger partial charge in [0, 0.05) is 0 Å². The Bertz CT molecular complexity index is 44.0. The predicted molar refractivity (Wildman–Crippen MR) is 33.0 cm³/mol. The van der Waals surface area contributed by atoms with Gasteiger partial charge in [0.2, 0.25) is 0 Å². The maximum atomic E-state index is 5.09. The number of rotatable bonds is 3. The lowest BCUT2D eigenvalue weighted by Gasteiger charge is -1.83. The van der Waals surface area contributed by atoms with Crippen LogP contribution in [0.25, 0.3) is 0 Å². The molecule has 0 atom stereocenters. The van der Waals surface area contributed by atoms with Crippen LogP contribution in [0.1, 0.15) is 26.2 Å². The summed E-state index contributed by atoms with van der Waals surface area (Å²) in [6, 6.07) is 0. The summed E-state index contributed by atoms with van der Waals surface area (Å²) in [5.41, 5.74) is 0. The van der Waals surface area contributed by atoms with Gasteiger partial charge in [0.15, 0.2) is 0 Å². The summed E-state index contributed by atoms with van der Waals surface area (Å²) in [5, 5.41) is 0. The van der Waals surface area contributed by atoms with E-state index >= 15 is 0 Å². The van der Waals surface area contributed by atoms with Crippen molar-refractivity contribution >= 4 is 0 Å². The number of hydrogen-bond acceptors (Lipinski definition) is 0. The molecule has 0 aliphatic carbocycles. The van der Waals surface area contributed by atoms with Gasteiger partial charge in [-0.25, -0.2) is 0 Å². The summed E-state index contributed by atoms with van der Waals surface area (Å²) in [4.78, 5) is 0. The summed E-state index contributed by atoms with van der Waals surface area (Å²) in [5.74, 6) is 0. The van der Waals surface area contributed by atoms with Crippen LogP contribution in [0.15, 0.2) is 12.2 Å². The maximum Gasteiger partial charge on any atom is -0.00958 e. The second kappa shape index (κ2) is 5.74. The van der Waals surface area contributed by atoms with Gasteiger partial charge < -0.3 is 0 Å². The molecule has 0 heteroatoms. The molecule has 0 N–H and O–H groups in total. The molecular formula is C7H12. The first kappa shape index (κ1) is 6.74. The lowest BCUT2D eigenvalue weighted by Crippen LogP contribution is -1.63. The molecule has 0 bridgehead atoms. The summed E-state index contributed by atoms with van der Waals surface area (Å²) < 4.78 is 0. The van der Waals surface area contributed by atoms with E-state index in [9.17, 15) is 0 Å². The van der Waals surface area contributed by atoms with E-state index in [-0.39, 0.29) is 0 Å². The first-order valence-corrected chi connectivity index (χ1v) is 2.78. The molecule has 0 fully saturated rings. The van der Waals surface area contributed by atoms with Crippen LogP contribution in [0, 0.1) is 6.92 Å². The molecule has 0 rings (SSSR count). The lowest BCUT2D eigenvalue weighted by molar-refractivity contribution is 0.815. The highest BCUT2D eigenvalue weighted by atomic mass is 13.8. The monoisotopic (exact) mass is 96.1 g/mol. The van der Waals surface area contributed by atoms with Crippen molar-refractivity contribution in [3.63, 3.8) is 0 Å². The average Bonchev–Trinajstić information content (AvgIpc) is 1.69. The molecule has 0 amide bonds. The lowest BCUT2D eigenvalue weighted by atomic mass is 10.2. The van der Waals surface area contributed by atoms with Gasteiger partial charge in [0.05, 0.1) is 0 Å². The molecule has 0 aliphatic heterocycles. The minimum Gasteiger partial charge on any atom is -0.0882 e. The molecule has 40 valence electrons. The zero-order valence-electron chi connectivity index (χ0n) is 4.85. The van der Waals surface area contributed by atoms with Gasteiger partial charge in [0.1, 0.15) is 0 Å². The second-order valence-electron chi connectivity index (χ2n) is 1.57. The van der Waals surface area contributed by atoms with E-state index in [1.165, 1.54) is 12.8 Å². The number of allylic oxidation sites excluding steroid dienone is 2. The van der Waals surface area contributed by atoms with E-state index in [1.54, 1.807) is 6.08 Å². The second-order valence-corrected chi connectivity index (χ2v) is 1.57. The fourth-order valence-corrected chi connectivity index (χ4v) is 0.418. The zero-order chi connectivity index (χ0) is 5.54. The van der Waals surface area contributed by atoms with Gasteiger partial charge in [-0.2, -0.15) is 0 Å². The maximum absolute atomic E-state index is 5.09. The summed E-state index contributed by atoms with van der Waals surface area (Å²) in [6.07, 6.45) is 7.24. The molecule has 0 spiro atoms. The molecule has 0 aliphatic rings. The first-order valence-electron chi connectivity index (χ1n) is 2.78. The van der Waals surface area contributed by atoms with E-state index in [0.29, 0.717) is 0 Å². The Morgan fingerprint density at radius 1 is 1.57 bits per heavy atom. The highest BCUT2D eigenvalue weighted by Crippen LogP contribution is 1.93. The van der Waals surface area contributed by atoms with E-state index in [2.05, 4.69) is 6.92 Å². The fraction of sp³-hybridized carbons (Fsp3) is 0.571. The Morgan fingerprint density at radius 3 is 2.71 bits per heavy atom. The van der Waals surface area contributed by atoms with Crippen LogP contribution in [0.5, 0.6) is 0 Å². The Hall–Kier alpha value is -0.260. The van der Waals surface area contributed by atoms with E-state index in [1.807, 2.05) is 6.08 Å². The van der Waals surface area contributed by atoms with Crippen molar-refractivity contribution in [2.75, 3.05) is 0 Å². The quantitative estimate of drug-likeness (QED) is 0.473. The van der Waals surface area contributed by atoms with Gasteiger partial charge in [0.25, 0.3) is 0 Å². The molecule has 0 saturated carbocycles. The summed E-state index contributed by atoms with van der Waals surface area (Å²) >= 11 is 0. The summed E-state index contributed by atoms with van der Waals surface area (Å²) in [6.45, 7) is 7.26. The van der Waals surface area contributed by atoms with Crippen molar-refractivity contribution in [2.24, 2.45) is 0 Å². The van der Waals surface area contributed by atoms with E-state index < -0.39 is 0 Å². The third kappa shape index (κ3) is 5.74. The molecular weight excluding hydrogens is 84.1 g/mol. The van der Waals surface area contributed by atoms with Gasteiger partial charge >= 0.3 is 0 Å². The van der Waals surface area contributed by atoms with Gasteiger partial charge in [-0.15, -0.1) is 0 Å². The van der Waals surface area contributed by atoms with E-state index in [4.69, 9.17) is 6.92 Å². The molecule has 2 radical (unpaired) electrons. The van der Waals surface area contributed by atoms with Crippen molar-refractivity contribution in [3.05, 3.63) is 19.1 Å². The standard InChI is InChI=1S/C7H12/c1-3-5-7-6-4-2/h1,3,5H,4,6-7H2,2H3. The van der Waals surface area contributed by atoms with Crippen LogP contribution >= 0.6 is 0 Å². The van der Waals surface area contributed by atoms with E-state index in [0.717, 1.165) is 6.42 Å². The Kier molecular flexibility index (Phi) is 5.53. The topological polar surface area (TPSA) is 0 Å². The molecule has 0 aromatic heterocycles. The highest BCUT2D eigenvalue weighted by Gasteiger charge is 1.73. The van der Waals surface area contributed by atoms with Crippen molar-refractivity contribution in [1.29, 1.82) is 0 Å². The van der Waals surface area contributed by atoms with Crippen LogP contribution in [-0.2, 0) is 0 Å². The van der Waals surface area contributed by atoms with Crippen LogP contribution in [0.2, 0.25) is 0 Å². The minimum atomic E-state index is 1.13. The SMILES string of the molecule is [CH]C=CCCCC. The molecule has 0 unspecified atom stereocenters. The van der Waals surface area contributed by atoms with Gasteiger partial charge in [-0.05, 0) is 13.3 Å². The van der Waals surface area contributed by atoms with Crippen molar-refractivity contribution in [1.82, 2.24) is 0 Å².